The van der Waals surface area contributed by atoms with E-state index < -0.39 is 0 Å². The number of para-hydroxylation sites is 1. The van der Waals surface area contributed by atoms with Crippen LogP contribution in [0.15, 0.2) is 53.3 Å². The number of hydrogen-bond acceptors (Lipinski definition) is 4. The predicted octanol–water partition coefficient (Wildman–Crippen LogP) is 2.70. The summed E-state index contributed by atoms with van der Waals surface area (Å²) in [6.45, 7) is 1.86. The number of ether oxygens (including phenoxy) is 1. The zero-order valence-electron chi connectivity index (χ0n) is 12.9. The molecule has 0 radical (unpaired) electrons. The molecule has 0 bridgehead atoms. The first-order valence-electron chi connectivity index (χ1n) is 7.83. The number of hydrogen-bond donors (Lipinski definition) is 1. The van der Waals surface area contributed by atoms with Gasteiger partial charge in [-0.1, -0.05) is 35.9 Å². The molecule has 1 aliphatic rings. The van der Waals surface area contributed by atoms with Gasteiger partial charge in [-0.15, -0.1) is 0 Å². The highest BCUT2D eigenvalue weighted by Gasteiger charge is 2.23. The molecule has 2 heterocycles. The van der Waals surface area contributed by atoms with E-state index in [1.54, 1.807) is 16.7 Å². The van der Waals surface area contributed by atoms with Crippen molar-refractivity contribution in [2.24, 2.45) is 0 Å². The van der Waals surface area contributed by atoms with E-state index in [-0.39, 0.29) is 11.6 Å². The fourth-order valence-corrected chi connectivity index (χ4v) is 3.25. The average Bonchev–Trinajstić information content (AvgIpc) is 2.63. The molecule has 1 atom stereocenters. The summed E-state index contributed by atoms with van der Waals surface area (Å²) in [5, 5.41) is 4.22. The van der Waals surface area contributed by atoms with Crippen LogP contribution in [0.5, 0.6) is 0 Å². The maximum Gasteiger partial charge on any atom is 0.267 e. The van der Waals surface area contributed by atoms with E-state index in [4.69, 9.17) is 21.3 Å². The van der Waals surface area contributed by atoms with Gasteiger partial charge in [0.2, 0.25) is 0 Å². The third-order valence-electron chi connectivity index (χ3n) is 4.12. The van der Waals surface area contributed by atoms with Crippen molar-refractivity contribution in [3.05, 3.63) is 69.7 Å². The van der Waals surface area contributed by atoms with Gasteiger partial charge in [0, 0.05) is 6.54 Å². The Balaban J connectivity index is 2.04. The molecule has 24 heavy (non-hydrogen) atoms. The van der Waals surface area contributed by atoms with Crippen LogP contribution in [0.1, 0.15) is 11.9 Å². The summed E-state index contributed by atoms with van der Waals surface area (Å²) in [5.74, 6) is 0.640. The lowest BCUT2D eigenvalue weighted by molar-refractivity contribution is 0.0735. The lowest BCUT2D eigenvalue weighted by Gasteiger charge is -2.26. The lowest BCUT2D eigenvalue weighted by Crippen LogP contribution is -2.39. The fourth-order valence-electron chi connectivity index (χ4n) is 3.00. The van der Waals surface area contributed by atoms with Crippen molar-refractivity contribution in [3.63, 3.8) is 0 Å². The highest BCUT2D eigenvalue weighted by Crippen LogP contribution is 2.23. The SMILES string of the molecule is O=c1c2c(Cl)cccc2nc(C2COCCN2)n1-c1ccccc1. The van der Waals surface area contributed by atoms with E-state index in [0.29, 0.717) is 35.0 Å². The molecule has 0 spiro atoms. The number of halogens is 1. The van der Waals surface area contributed by atoms with Gasteiger partial charge in [0.1, 0.15) is 5.82 Å². The third-order valence-corrected chi connectivity index (χ3v) is 4.44. The molecule has 1 aromatic heterocycles. The number of morpholine rings is 1. The molecule has 2 aromatic carbocycles. The van der Waals surface area contributed by atoms with Gasteiger partial charge in [-0.25, -0.2) is 4.98 Å². The third kappa shape index (κ3) is 2.60. The van der Waals surface area contributed by atoms with E-state index >= 15 is 0 Å². The number of benzene rings is 2. The first-order valence-corrected chi connectivity index (χ1v) is 8.21. The molecule has 0 aliphatic carbocycles. The van der Waals surface area contributed by atoms with Crippen LogP contribution in [0.2, 0.25) is 5.02 Å². The molecule has 6 heteroatoms. The molecule has 1 N–H and O–H groups in total. The van der Waals surface area contributed by atoms with Gasteiger partial charge in [0.05, 0.1) is 40.9 Å². The van der Waals surface area contributed by atoms with Crippen LogP contribution in [-0.4, -0.2) is 29.3 Å². The van der Waals surface area contributed by atoms with E-state index in [1.165, 1.54) is 0 Å². The predicted molar refractivity (Wildman–Crippen MR) is 93.9 cm³/mol. The summed E-state index contributed by atoms with van der Waals surface area (Å²) in [4.78, 5) is 17.9. The summed E-state index contributed by atoms with van der Waals surface area (Å²) in [5.41, 5.74) is 1.19. The Morgan fingerprint density at radius 1 is 1.17 bits per heavy atom. The molecule has 1 aliphatic heterocycles. The second-order valence-corrected chi connectivity index (χ2v) is 6.07. The van der Waals surface area contributed by atoms with Crippen molar-refractivity contribution in [1.29, 1.82) is 0 Å². The summed E-state index contributed by atoms with van der Waals surface area (Å²) < 4.78 is 7.18. The average molecular weight is 342 g/mol. The quantitative estimate of drug-likeness (QED) is 0.778. The number of fused-ring (bicyclic) bond motifs is 1. The molecule has 0 saturated carbocycles. The number of rotatable bonds is 2. The molecule has 1 fully saturated rings. The molecule has 122 valence electrons. The van der Waals surface area contributed by atoms with Crippen LogP contribution in [0, 0.1) is 0 Å². The highest BCUT2D eigenvalue weighted by atomic mass is 35.5. The Labute approximate surface area is 143 Å². The largest absolute Gasteiger partial charge is 0.378 e. The van der Waals surface area contributed by atoms with Gasteiger partial charge < -0.3 is 10.1 Å². The maximum absolute atomic E-state index is 13.2. The second kappa shape index (κ2) is 6.36. The van der Waals surface area contributed by atoms with Gasteiger partial charge in [0.25, 0.3) is 5.56 Å². The Morgan fingerprint density at radius 3 is 2.75 bits per heavy atom. The zero-order valence-corrected chi connectivity index (χ0v) is 13.7. The normalized spacial score (nSPS) is 18.0. The smallest absolute Gasteiger partial charge is 0.267 e. The van der Waals surface area contributed by atoms with Crippen molar-refractivity contribution in [2.45, 2.75) is 6.04 Å². The highest BCUT2D eigenvalue weighted by molar-refractivity contribution is 6.35. The van der Waals surface area contributed by atoms with Crippen LogP contribution in [0.3, 0.4) is 0 Å². The minimum Gasteiger partial charge on any atom is -0.378 e. The van der Waals surface area contributed by atoms with Crippen molar-refractivity contribution in [1.82, 2.24) is 14.9 Å². The van der Waals surface area contributed by atoms with Crippen molar-refractivity contribution >= 4 is 22.5 Å². The van der Waals surface area contributed by atoms with Gasteiger partial charge in [-0.05, 0) is 24.3 Å². The van der Waals surface area contributed by atoms with E-state index in [2.05, 4.69) is 5.32 Å². The number of nitrogens with one attached hydrogen (secondary N) is 1. The fraction of sp³-hybridized carbons (Fsp3) is 0.222. The number of nitrogens with zero attached hydrogens (tertiary/aromatic N) is 2. The standard InChI is InChI=1S/C18H16ClN3O2/c19-13-7-4-8-14-16(13)18(23)22(12-5-2-1-3-6-12)17(21-14)15-11-24-10-9-20-15/h1-8,15,20H,9-11H2. The van der Waals surface area contributed by atoms with Crippen LogP contribution in [0.4, 0.5) is 0 Å². The molecule has 5 nitrogen and oxygen atoms in total. The summed E-state index contributed by atoms with van der Waals surface area (Å²) in [7, 11) is 0. The molecular weight excluding hydrogens is 326 g/mol. The Kier molecular flexibility index (Phi) is 4.06. The van der Waals surface area contributed by atoms with E-state index in [0.717, 1.165) is 12.2 Å². The first-order chi connectivity index (χ1) is 11.8. The van der Waals surface area contributed by atoms with Gasteiger partial charge in [-0.3, -0.25) is 9.36 Å². The van der Waals surface area contributed by atoms with Crippen LogP contribution >= 0.6 is 11.6 Å². The molecule has 1 saturated heterocycles. The molecular formula is C18H16ClN3O2. The van der Waals surface area contributed by atoms with Crippen molar-refractivity contribution in [2.75, 3.05) is 19.8 Å². The molecule has 4 rings (SSSR count). The number of aromatic nitrogens is 2. The summed E-state index contributed by atoms with van der Waals surface area (Å²) in [6.07, 6.45) is 0. The molecule has 0 amide bonds. The van der Waals surface area contributed by atoms with Crippen molar-refractivity contribution in [3.8, 4) is 5.69 Å². The minimum absolute atomic E-state index is 0.143. The van der Waals surface area contributed by atoms with Gasteiger partial charge in [-0.2, -0.15) is 0 Å². The Morgan fingerprint density at radius 2 is 2.00 bits per heavy atom. The summed E-state index contributed by atoms with van der Waals surface area (Å²) in [6, 6.07) is 14.7. The van der Waals surface area contributed by atoms with Gasteiger partial charge in [0.15, 0.2) is 0 Å². The van der Waals surface area contributed by atoms with E-state index in [9.17, 15) is 4.79 Å². The Hall–Kier alpha value is -2.21. The Bertz CT molecular complexity index is 934. The van der Waals surface area contributed by atoms with Gasteiger partial charge >= 0.3 is 0 Å². The van der Waals surface area contributed by atoms with Crippen molar-refractivity contribution < 1.29 is 4.74 Å². The summed E-state index contributed by atoms with van der Waals surface area (Å²) >= 11 is 6.27. The maximum atomic E-state index is 13.2. The zero-order chi connectivity index (χ0) is 16.5. The monoisotopic (exact) mass is 341 g/mol. The van der Waals surface area contributed by atoms with Crippen LogP contribution in [-0.2, 0) is 4.74 Å². The lowest BCUT2D eigenvalue weighted by atomic mass is 10.2. The van der Waals surface area contributed by atoms with Crippen LogP contribution in [0.25, 0.3) is 16.6 Å². The second-order valence-electron chi connectivity index (χ2n) is 5.66. The first kappa shape index (κ1) is 15.3. The van der Waals surface area contributed by atoms with E-state index in [1.807, 2.05) is 36.4 Å². The molecule has 1 unspecified atom stereocenters. The minimum atomic E-state index is -0.167. The topological polar surface area (TPSA) is 56.1 Å². The van der Waals surface area contributed by atoms with Crippen LogP contribution < -0.4 is 10.9 Å². The molecule has 3 aromatic rings.